The van der Waals surface area contributed by atoms with Gasteiger partial charge in [-0.2, -0.15) is 0 Å². The predicted octanol–water partition coefficient (Wildman–Crippen LogP) is 1.90. The summed E-state index contributed by atoms with van der Waals surface area (Å²) in [6.45, 7) is 3.29. The van der Waals surface area contributed by atoms with Crippen molar-refractivity contribution in [2.75, 3.05) is 19.8 Å². The van der Waals surface area contributed by atoms with Gasteiger partial charge in [-0.3, -0.25) is 14.9 Å². The summed E-state index contributed by atoms with van der Waals surface area (Å²) in [5, 5.41) is 13.4. The minimum atomic E-state index is -0.481. The number of ether oxygens (including phenoxy) is 2. The molecule has 120 valence electrons. The van der Waals surface area contributed by atoms with Crippen LogP contribution in [0.4, 0.5) is 5.69 Å². The molecule has 0 bridgehead atoms. The summed E-state index contributed by atoms with van der Waals surface area (Å²) in [4.78, 5) is 21.8. The van der Waals surface area contributed by atoms with Crippen molar-refractivity contribution < 1.29 is 19.2 Å². The van der Waals surface area contributed by atoms with Gasteiger partial charge < -0.3 is 14.8 Å². The number of hydrogen-bond donors (Lipinski definition) is 1. The molecule has 1 aliphatic heterocycles. The molecule has 1 aliphatic rings. The minimum absolute atomic E-state index is 0.00885. The van der Waals surface area contributed by atoms with Crippen LogP contribution in [0.5, 0.6) is 5.75 Å². The second-order valence-electron chi connectivity index (χ2n) is 5.42. The summed E-state index contributed by atoms with van der Waals surface area (Å²) in [7, 11) is 0. The molecule has 0 spiro atoms. The van der Waals surface area contributed by atoms with Crippen molar-refractivity contribution in [1.82, 2.24) is 5.32 Å². The lowest BCUT2D eigenvalue weighted by molar-refractivity contribution is -0.384. The van der Waals surface area contributed by atoms with E-state index in [-0.39, 0.29) is 24.3 Å². The number of hydrogen-bond acceptors (Lipinski definition) is 5. The van der Waals surface area contributed by atoms with Crippen LogP contribution in [-0.2, 0) is 9.53 Å². The highest BCUT2D eigenvalue weighted by molar-refractivity contribution is 5.77. The summed E-state index contributed by atoms with van der Waals surface area (Å²) in [5.41, 5.74) is -0.00885. The second-order valence-corrected chi connectivity index (χ2v) is 5.42. The first kappa shape index (κ1) is 16.2. The molecule has 0 aromatic heterocycles. The highest BCUT2D eigenvalue weighted by Gasteiger charge is 2.19. The van der Waals surface area contributed by atoms with Crippen LogP contribution in [0.3, 0.4) is 0 Å². The fourth-order valence-corrected chi connectivity index (χ4v) is 2.40. The smallest absolute Gasteiger partial charge is 0.269 e. The van der Waals surface area contributed by atoms with Crippen molar-refractivity contribution in [3.8, 4) is 5.75 Å². The Labute approximate surface area is 128 Å². The second kappa shape index (κ2) is 7.74. The lowest BCUT2D eigenvalue weighted by atomic mass is 9.96. The van der Waals surface area contributed by atoms with Crippen molar-refractivity contribution in [2.45, 2.75) is 25.9 Å². The van der Waals surface area contributed by atoms with E-state index in [1.54, 1.807) is 0 Å². The van der Waals surface area contributed by atoms with Gasteiger partial charge in [-0.05, 0) is 37.8 Å². The third kappa shape index (κ3) is 5.00. The largest absolute Gasteiger partial charge is 0.484 e. The molecule has 1 aromatic carbocycles. The number of carbonyl (C=O) groups is 1. The number of benzene rings is 1. The van der Waals surface area contributed by atoms with E-state index in [1.165, 1.54) is 24.3 Å². The van der Waals surface area contributed by atoms with Gasteiger partial charge in [0.1, 0.15) is 5.75 Å². The van der Waals surface area contributed by atoms with Crippen LogP contribution in [0.1, 0.15) is 19.8 Å². The SMILES string of the molecule is CC1CC(CNC(=O)COc2ccc([N+](=O)[O-])cc2)CCO1. The Morgan fingerprint density at radius 1 is 1.45 bits per heavy atom. The molecule has 0 saturated carbocycles. The maximum Gasteiger partial charge on any atom is 0.269 e. The number of amides is 1. The quantitative estimate of drug-likeness (QED) is 0.640. The molecule has 0 aliphatic carbocycles. The van der Waals surface area contributed by atoms with Crippen molar-refractivity contribution in [3.05, 3.63) is 34.4 Å². The molecule has 7 nitrogen and oxygen atoms in total. The van der Waals surface area contributed by atoms with E-state index in [0.717, 1.165) is 19.4 Å². The number of carbonyl (C=O) groups excluding carboxylic acids is 1. The number of nitro benzene ring substituents is 1. The molecule has 1 saturated heterocycles. The zero-order valence-electron chi connectivity index (χ0n) is 12.5. The molecule has 22 heavy (non-hydrogen) atoms. The highest BCUT2D eigenvalue weighted by atomic mass is 16.6. The first-order chi connectivity index (χ1) is 10.5. The Morgan fingerprint density at radius 3 is 2.82 bits per heavy atom. The van der Waals surface area contributed by atoms with Crippen LogP contribution in [-0.4, -0.2) is 36.7 Å². The first-order valence-electron chi connectivity index (χ1n) is 7.30. The van der Waals surface area contributed by atoms with Gasteiger partial charge in [0.15, 0.2) is 6.61 Å². The van der Waals surface area contributed by atoms with Crippen LogP contribution in [0.25, 0.3) is 0 Å². The molecule has 2 rings (SSSR count). The molecular formula is C15H20N2O5. The molecule has 1 heterocycles. The summed E-state index contributed by atoms with van der Waals surface area (Å²) >= 11 is 0. The lowest BCUT2D eigenvalue weighted by Gasteiger charge is -2.27. The fourth-order valence-electron chi connectivity index (χ4n) is 2.40. The van der Waals surface area contributed by atoms with Gasteiger partial charge in [0.2, 0.25) is 0 Å². The topological polar surface area (TPSA) is 90.7 Å². The van der Waals surface area contributed by atoms with Crippen LogP contribution in [0.15, 0.2) is 24.3 Å². The zero-order chi connectivity index (χ0) is 15.9. The number of nitrogens with zero attached hydrogens (tertiary/aromatic N) is 1. The van der Waals surface area contributed by atoms with E-state index in [0.29, 0.717) is 18.2 Å². The van der Waals surface area contributed by atoms with Crippen LogP contribution >= 0.6 is 0 Å². The Bertz CT molecular complexity index is 517. The molecule has 7 heteroatoms. The molecule has 1 N–H and O–H groups in total. The van der Waals surface area contributed by atoms with Crippen LogP contribution in [0, 0.1) is 16.0 Å². The van der Waals surface area contributed by atoms with Crippen LogP contribution in [0.2, 0.25) is 0 Å². The predicted molar refractivity (Wildman–Crippen MR) is 79.7 cm³/mol. The summed E-state index contributed by atoms with van der Waals surface area (Å²) < 4.78 is 10.8. The Morgan fingerprint density at radius 2 is 2.18 bits per heavy atom. The summed E-state index contributed by atoms with van der Waals surface area (Å²) in [5.74, 6) is 0.671. The van der Waals surface area contributed by atoms with E-state index < -0.39 is 4.92 Å². The average molecular weight is 308 g/mol. The lowest BCUT2D eigenvalue weighted by Crippen LogP contribution is -2.36. The third-order valence-electron chi connectivity index (χ3n) is 3.60. The Balaban J connectivity index is 1.70. The minimum Gasteiger partial charge on any atom is -0.484 e. The van der Waals surface area contributed by atoms with E-state index in [2.05, 4.69) is 5.32 Å². The first-order valence-corrected chi connectivity index (χ1v) is 7.30. The van der Waals surface area contributed by atoms with Crippen molar-refractivity contribution >= 4 is 11.6 Å². The average Bonchev–Trinajstić information content (AvgIpc) is 2.51. The van der Waals surface area contributed by atoms with Gasteiger partial charge in [-0.25, -0.2) is 0 Å². The number of rotatable bonds is 6. The number of nitro groups is 1. The highest BCUT2D eigenvalue weighted by Crippen LogP contribution is 2.19. The van der Waals surface area contributed by atoms with Gasteiger partial charge in [0.05, 0.1) is 11.0 Å². The van der Waals surface area contributed by atoms with E-state index in [4.69, 9.17) is 9.47 Å². The Kier molecular flexibility index (Phi) is 5.71. The number of non-ortho nitro benzene ring substituents is 1. The van der Waals surface area contributed by atoms with Gasteiger partial charge >= 0.3 is 0 Å². The van der Waals surface area contributed by atoms with E-state index in [9.17, 15) is 14.9 Å². The molecule has 1 amide bonds. The summed E-state index contributed by atoms with van der Waals surface area (Å²) in [6.07, 6.45) is 2.14. The fraction of sp³-hybridized carbons (Fsp3) is 0.533. The van der Waals surface area contributed by atoms with Crippen molar-refractivity contribution in [2.24, 2.45) is 5.92 Å². The summed E-state index contributed by atoms with van der Waals surface area (Å²) in [6, 6.07) is 5.64. The Hall–Kier alpha value is -2.15. The van der Waals surface area contributed by atoms with E-state index >= 15 is 0 Å². The maximum absolute atomic E-state index is 11.7. The molecule has 2 atom stereocenters. The molecule has 2 unspecified atom stereocenters. The van der Waals surface area contributed by atoms with Crippen LogP contribution < -0.4 is 10.1 Å². The molecule has 1 fully saturated rings. The standard InChI is InChI=1S/C15H20N2O5/c1-11-8-12(6-7-21-11)9-16-15(18)10-22-14-4-2-13(3-5-14)17(19)20/h2-5,11-12H,6-10H2,1H3,(H,16,18). The zero-order valence-corrected chi connectivity index (χ0v) is 12.5. The maximum atomic E-state index is 11.7. The van der Waals surface area contributed by atoms with Gasteiger partial charge in [0, 0.05) is 25.3 Å². The number of nitrogens with one attached hydrogen (secondary N) is 1. The van der Waals surface area contributed by atoms with Crippen molar-refractivity contribution in [3.63, 3.8) is 0 Å². The molecule has 0 radical (unpaired) electrons. The monoisotopic (exact) mass is 308 g/mol. The molecular weight excluding hydrogens is 288 g/mol. The van der Waals surface area contributed by atoms with E-state index in [1.807, 2.05) is 6.92 Å². The van der Waals surface area contributed by atoms with Gasteiger partial charge in [-0.1, -0.05) is 0 Å². The van der Waals surface area contributed by atoms with Crippen molar-refractivity contribution in [1.29, 1.82) is 0 Å². The van der Waals surface area contributed by atoms with Gasteiger partial charge in [0.25, 0.3) is 11.6 Å². The third-order valence-corrected chi connectivity index (χ3v) is 3.60. The normalized spacial score (nSPS) is 21.1. The van der Waals surface area contributed by atoms with Gasteiger partial charge in [-0.15, -0.1) is 0 Å². The molecule has 1 aromatic rings.